The molecule has 2 N–H and O–H groups in total. The van der Waals surface area contributed by atoms with Crippen molar-refractivity contribution in [1.29, 1.82) is 0 Å². The molecule has 0 aliphatic heterocycles. The third-order valence-corrected chi connectivity index (χ3v) is 2.95. The van der Waals surface area contributed by atoms with Crippen molar-refractivity contribution in [3.8, 4) is 11.8 Å². The van der Waals surface area contributed by atoms with E-state index in [1.165, 1.54) is 0 Å². The van der Waals surface area contributed by atoms with Gasteiger partial charge in [0, 0.05) is 12.8 Å². The quantitative estimate of drug-likeness (QED) is 0.773. The van der Waals surface area contributed by atoms with Crippen LogP contribution in [0.4, 0.5) is 0 Å². The molecule has 0 saturated heterocycles. The van der Waals surface area contributed by atoms with Crippen LogP contribution in [0, 0.1) is 17.8 Å². The van der Waals surface area contributed by atoms with Crippen LogP contribution in [0.25, 0.3) is 0 Å². The summed E-state index contributed by atoms with van der Waals surface area (Å²) >= 11 is 0. The first-order valence-electron chi connectivity index (χ1n) is 7.03. The van der Waals surface area contributed by atoms with Gasteiger partial charge in [0.1, 0.15) is 12.3 Å². The van der Waals surface area contributed by atoms with Crippen molar-refractivity contribution in [2.45, 2.75) is 26.8 Å². The van der Waals surface area contributed by atoms with E-state index >= 15 is 0 Å². The van der Waals surface area contributed by atoms with E-state index in [1.807, 2.05) is 20.8 Å². The standard InChI is InChI=1S/C16H22N2O3/c1-4-21-11-14(12(2)3)18-16(20)15-13(8-6-10-19)7-5-9-17-15/h5,7,9,12,14,19H,4,10-11H2,1-3H3,(H,18,20). The molecule has 1 aromatic rings. The lowest BCUT2D eigenvalue weighted by Gasteiger charge is -2.22. The topological polar surface area (TPSA) is 71.5 Å². The fourth-order valence-corrected chi connectivity index (χ4v) is 1.70. The minimum Gasteiger partial charge on any atom is -0.384 e. The van der Waals surface area contributed by atoms with Crippen molar-refractivity contribution < 1.29 is 14.6 Å². The number of hydrogen-bond acceptors (Lipinski definition) is 4. The van der Waals surface area contributed by atoms with Gasteiger partial charge in [0.05, 0.1) is 18.2 Å². The van der Waals surface area contributed by atoms with Crippen molar-refractivity contribution in [2.24, 2.45) is 5.92 Å². The number of amides is 1. The number of hydrogen-bond donors (Lipinski definition) is 2. The maximum atomic E-state index is 12.3. The van der Waals surface area contributed by atoms with Crippen molar-refractivity contribution in [3.63, 3.8) is 0 Å². The number of pyridine rings is 1. The summed E-state index contributed by atoms with van der Waals surface area (Å²) in [5, 5.41) is 11.7. The maximum absolute atomic E-state index is 12.3. The molecule has 1 aromatic heterocycles. The normalized spacial score (nSPS) is 11.7. The van der Waals surface area contributed by atoms with E-state index in [1.54, 1.807) is 18.3 Å². The maximum Gasteiger partial charge on any atom is 0.271 e. The monoisotopic (exact) mass is 290 g/mol. The van der Waals surface area contributed by atoms with Crippen LogP contribution in [0.15, 0.2) is 18.3 Å². The predicted octanol–water partition coefficient (Wildman–Crippen LogP) is 1.22. The Labute approximate surface area is 125 Å². The largest absolute Gasteiger partial charge is 0.384 e. The molecule has 1 amide bonds. The summed E-state index contributed by atoms with van der Waals surface area (Å²) in [6.45, 7) is 6.78. The van der Waals surface area contributed by atoms with Crippen molar-refractivity contribution in [3.05, 3.63) is 29.6 Å². The van der Waals surface area contributed by atoms with Gasteiger partial charge in [-0.3, -0.25) is 4.79 Å². The van der Waals surface area contributed by atoms with Crippen molar-refractivity contribution in [2.75, 3.05) is 19.8 Å². The Bertz CT molecular complexity index is 518. The highest BCUT2D eigenvalue weighted by molar-refractivity contribution is 5.94. The molecule has 0 aromatic carbocycles. The van der Waals surface area contributed by atoms with Gasteiger partial charge in [0.25, 0.3) is 5.91 Å². The first kappa shape index (κ1) is 17.2. The molecule has 0 spiro atoms. The number of ether oxygens (including phenoxy) is 1. The molecule has 114 valence electrons. The minimum atomic E-state index is -0.281. The zero-order chi connectivity index (χ0) is 15.7. The van der Waals surface area contributed by atoms with Gasteiger partial charge >= 0.3 is 0 Å². The highest BCUT2D eigenvalue weighted by Crippen LogP contribution is 2.07. The first-order valence-corrected chi connectivity index (χ1v) is 7.03. The lowest BCUT2D eigenvalue weighted by atomic mass is 10.0. The second kappa shape index (κ2) is 9.11. The summed E-state index contributed by atoms with van der Waals surface area (Å²) in [5.41, 5.74) is 0.767. The smallest absolute Gasteiger partial charge is 0.271 e. The van der Waals surface area contributed by atoms with Crippen LogP contribution in [-0.4, -0.2) is 41.9 Å². The number of aromatic nitrogens is 1. The van der Waals surface area contributed by atoms with E-state index in [-0.39, 0.29) is 30.2 Å². The molecule has 21 heavy (non-hydrogen) atoms. The average molecular weight is 290 g/mol. The molecule has 1 unspecified atom stereocenters. The highest BCUT2D eigenvalue weighted by Gasteiger charge is 2.19. The van der Waals surface area contributed by atoms with Gasteiger partial charge < -0.3 is 15.2 Å². The third kappa shape index (κ3) is 5.54. The van der Waals surface area contributed by atoms with Crippen LogP contribution in [0.5, 0.6) is 0 Å². The van der Waals surface area contributed by atoms with Crippen LogP contribution in [-0.2, 0) is 4.74 Å². The molecule has 1 heterocycles. The number of aliphatic hydroxyl groups is 1. The van der Waals surface area contributed by atoms with E-state index in [2.05, 4.69) is 22.1 Å². The van der Waals surface area contributed by atoms with E-state index in [4.69, 9.17) is 9.84 Å². The van der Waals surface area contributed by atoms with Crippen LogP contribution < -0.4 is 5.32 Å². The molecule has 0 aliphatic rings. The lowest BCUT2D eigenvalue weighted by Crippen LogP contribution is -2.42. The predicted molar refractivity (Wildman–Crippen MR) is 80.8 cm³/mol. The second-order valence-corrected chi connectivity index (χ2v) is 4.84. The highest BCUT2D eigenvalue weighted by atomic mass is 16.5. The van der Waals surface area contributed by atoms with E-state index in [0.29, 0.717) is 18.8 Å². The summed E-state index contributed by atoms with van der Waals surface area (Å²) in [5.74, 6) is 5.23. The first-order chi connectivity index (χ1) is 10.1. The van der Waals surface area contributed by atoms with Gasteiger partial charge in [-0.1, -0.05) is 25.7 Å². The molecule has 0 fully saturated rings. The van der Waals surface area contributed by atoms with Crippen LogP contribution in [0.3, 0.4) is 0 Å². The van der Waals surface area contributed by atoms with E-state index in [9.17, 15) is 4.79 Å². The Kier molecular flexibility index (Phi) is 7.44. The average Bonchev–Trinajstić information content (AvgIpc) is 2.49. The van der Waals surface area contributed by atoms with Crippen molar-refractivity contribution >= 4 is 5.91 Å². The molecule has 5 heteroatoms. The van der Waals surface area contributed by atoms with Gasteiger partial charge in [-0.25, -0.2) is 4.98 Å². The third-order valence-electron chi connectivity index (χ3n) is 2.95. The van der Waals surface area contributed by atoms with Crippen LogP contribution >= 0.6 is 0 Å². The lowest BCUT2D eigenvalue weighted by molar-refractivity contribution is 0.0802. The Balaban J connectivity index is 2.87. The zero-order valence-corrected chi connectivity index (χ0v) is 12.7. The second-order valence-electron chi connectivity index (χ2n) is 4.84. The molecule has 0 aliphatic carbocycles. The summed E-state index contributed by atoms with van der Waals surface area (Å²) in [6.07, 6.45) is 1.55. The van der Waals surface area contributed by atoms with Crippen LogP contribution in [0.1, 0.15) is 36.8 Å². The van der Waals surface area contributed by atoms with Gasteiger partial charge in [-0.05, 0) is 25.0 Å². The van der Waals surface area contributed by atoms with Gasteiger partial charge in [0.2, 0.25) is 0 Å². The van der Waals surface area contributed by atoms with E-state index < -0.39 is 0 Å². The molecule has 1 atom stereocenters. The van der Waals surface area contributed by atoms with Gasteiger partial charge in [-0.2, -0.15) is 0 Å². The Morgan fingerprint density at radius 2 is 2.29 bits per heavy atom. The molecular formula is C16H22N2O3. The number of nitrogens with one attached hydrogen (secondary N) is 1. The summed E-state index contributed by atoms with van der Waals surface area (Å²) in [7, 11) is 0. The Morgan fingerprint density at radius 3 is 2.90 bits per heavy atom. The fourth-order valence-electron chi connectivity index (χ4n) is 1.70. The number of carbonyl (C=O) groups is 1. The number of aliphatic hydroxyl groups excluding tert-OH is 1. The zero-order valence-electron chi connectivity index (χ0n) is 12.7. The molecule has 1 rings (SSSR count). The van der Waals surface area contributed by atoms with Gasteiger partial charge in [-0.15, -0.1) is 0 Å². The summed E-state index contributed by atoms with van der Waals surface area (Å²) in [6, 6.07) is 3.33. The molecule has 0 saturated carbocycles. The molecule has 5 nitrogen and oxygen atoms in total. The number of nitrogens with zero attached hydrogens (tertiary/aromatic N) is 1. The minimum absolute atomic E-state index is 0.0851. The molecule has 0 radical (unpaired) electrons. The van der Waals surface area contributed by atoms with Gasteiger partial charge in [0.15, 0.2) is 0 Å². The SMILES string of the molecule is CCOCC(NC(=O)c1ncccc1C#CCO)C(C)C. The van der Waals surface area contributed by atoms with Crippen LogP contribution in [0.2, 0.25) is 0 Å². The Hall–Kier alpha value is -1.90. The summed E-state index contributed by atoms with van der Waals surface area (Å²) < 4.78 is 5.39. The summed E-state index contributed by atoms with van der Waals surface area (Å²) in [4.78, 5) is 16.4. The number of carbonyl (C=O) groups excluding carboxylic acids is 1. The Morgan fingerprint density at radius 1 is 1.52 bits per heavy atom. The fraction of sp³-hybridized carbons (Fsp3) is 0.500. The number of rotatable bonds is 6. The van der Waals surface area contributed by atoms with Crippen molar-refractivity contribution in [1.82, 2.24) is 10.3 Å². The molecular weight excluding hydrogens is 268 g/mol. The van der Waals surface area contributed by atoms with E-state index in [0.717, 1.165) is 0 Å². The molecule has 0 bridgehead atoms.